The van der Waals surface area contributed by atoms with Gasteiger partial charge in [0.2, 0.25) is 0 Å². The molecule has 138 valence electrons. The molecule has 0 amide bonds. The van der Waals surface area contributed by atoms with Gasteiger partial charge in [0.05, 0.1) is 24.4 Å². The number of Topliss-reactive ketones (excluding diaryl/α,β-unsaturated/α-hetero) is 1. The van der Waals surface area contributed by atoms with Gasteiger partial charge in [-0.15, -0.1) is 0 Å². The van der Waals surface area contributed by atoms with Crippen LogP contribution in [0, 0.1) is 29.1 Å². The summed E-state index contributed by atoms with van der Waals surface area (Å²) in [5.41, 5.74) is 1.53. The van der Waals surface area contributed by atoms with Gasteiger partial charge in [-0.05, 0) is 52.0 Å². The molecule has 0 heterocycles. The number of ether oxygens (including phenoxy) is 2. The molecule has 25 heavy (non-hydrogen) atoms. The second-order valence-corrected chi connectivity index (χ2v) is 8.09. The minimum Gasteiger partial charge on any atom is -0.465 e. The second-order valence-electron chi connectivity index (χ2n) is 8.09. The molecule has 2 rings (SSSR count). The molecule has 3 unspecified atom stereocenters. The first-order chi connectivity index (χ1) is 11.7. The number of allylic oxidation sites excluding steroid dienone is 1. The number of rotatable bonds is 5. The number of fused-ring (bicyclic) bond motifs is 1. The second kappa shape index (κ2) is 7.70. The van der Waals surface area contributed by atoms with Crippen LogP contribution in [0.25, 0.3) is 0 Å². The number of nitriles is 1. The zero-order valence-corrected chi connectivity index (χ0v) is 15.9. The highest BCUT2D eigenvalue weighted by molar-refractivity contribution is 5.98. The maximum Gasteiger partial charge on any atom is 0.323 e. The minimum atomic E-state index is -0.914. The Morgan fingerprint density at radius 2 is 2.08 bits per heavy atom. The molecule has 0 bridgehead atoms. The summed E-state index contributed by atoms with van der Waals surface area (Å²) in [4.78, 5) is 24.5. The topological polar surface area (TPSA) is 76.4 Å². The maximum atomic E-state index is 12.5. The molecule has 0 aromatic rings. The van der Waals surface area contributed by atoms with Crippen molar-refractivity contribution in [1.29, 1.82) is 5.26 Å². The maximum absolute atomic E-state index is 12.5. The van der Waals surface area contributed by atoms with Gasteiger partial charge in [-0.3, -0.25) is 9.59 Å². The summed E-state index contributed by atoms with van der Waals surface area (Å²) >= 11 is 0. The van der Waals surface area contributed by atoms with Crippen molar-refractivity contribution in [2.45, 2.75) is 72.0 Å². The first-order valence-electron chi connectivity index (χ1n) is 9.17. The Morgan fingerprint density at radius 3 is 2.64 bits per heavy atom. The molecule has 0 aromatic heterocycles. The van der Waals surface area contributed by atoms with Gasteiger partial charge in [-0.25, -0.2) is 0 Å². The summed E-state index contributed by atoms with van der Waals surface area (Å²) in [6.45, 7) is 10.2. The summed E-state index contributed by atoms with van der Waals surface area (Å²) < 4.78 is 11.3. The number of esters is 1. The van der Waals surface area contributed by atoms with E-state index in [1.807, 2.05) is 26.8 Å². The van der Waals surface area contributed by atoms with Gasteiger partial charge in [0.15, 0.2) is 5.78 Å². The first kappa shape index (κ1) is 19.7. The van der Waals surface area contributed by atoms with Crippen LogP contribution in [-0.2, 0) is 19.1 Å². The largest absolute Gasteiger partial charge is 0.465 e. The lowest BCUT2D eigenvalue weighted by Crippen LogP contribution is -2.35. The van der Waals surface area contributed by atoms with Crippen molar-refractivity contribution in [2.24, 2.45) is 17.8 Å². The predicted octanol–water partition coefficient (Wildman–Crippen LogP) is 3.58. The molecule has 0 saturated heterocycles. The SMILES string of the molecule is CCOC(=O)C(C#N)CC1=C2CC(C)[C@@H](OC(C)(C)C)C2CCC1=O. The van der Waals surface area contributed by atoms with Crippen molar-refractivity contribution < 1.29 is 19.1 Å². The van der Waals surface area contributed by atoms with E-state index in [0.29, 0.717) is 17.9 Å². The molecular weight excluding hydrogens is 318 g/mol. The summed E-state index contributed by atoms with van der Waals surface area (Å²) in [5.74, 6) is -0.851. The highest BCUT2D eigenvalue weighted by Crippen LogP contribution is 2.47. The molecule has 0 spiro atoms. The quantitative estimate of drug-likeness (QED) is 0.711. The highest BCUT2D eigenvalue weighted by Gasteiger charge is 2.44. The van der Waals surface area contributed by atoms with Crippen LogP contribution in [0.2, 0.25) is 0 Å². The number of hydrogen-bond acceptors (Lipinski definition) is 5. The molecule has 0 aromatic carbocycles. The van der Waals surface area contributed by atoms with Crippen LogP contribution in [0.4, 0.5) is 0 Å². The van der Waals surface area contributed by atoms with Crippen molar-refractivity contribution in [3.8, 4) is 6.07 Å². The standard InChI is InChI=1S/C20H29NO4/c1-6-24-19(23)13(11-21)10-16-15-9-12(2)18(25-20(3,4)5)14(15)7-8-17(16)22/h12-14,18H,6-10H2,1-5H3/t12?,13?,14?,18-/m1/s1. The van der Waals surface area contributed by atoms with E-state index in [-0.39, 0.29) is 36.4 Å². The van der Waals surface area contributed by atoms with Crippen LogP contribution in [0.1, 0.15) is 60.3 Å². The van der Waals surface area contributed by atoms with Gasteiger partial charge in [0.1, 0.15) is 5.92 Å². The fraction of sp³-hybridized carbons (Fsp3) is 0.750. The molecule has 0 N–H and O–H groups in total. The molecule has 5 heteroatoms. The monoisotopic (exact) mass is 347 g/mol. The predicted molar refractivity (Wildman–Crippen MR) is 93.5 cm³/mol. The Bertz CT molecular complexity index is 608. The number of nitrogens with zero attached hydrogens (tertiary/aromatic N) is 1. The lowest BCUT2D eigenvalue weighted by atomic mass is 9.80. The van der Waals surface area contributed by atoms with Crippen LogP contribution in [0.15, 0.2) is 11.1 Å². The molecule has 2 aliphatic rings. The van der Waals surface area contributed by atoms with Gasteiger partial charge in [0.25, 0.3) is 0 Å². The van der Waals surface area contributed by atoms with Gasteiger partial charge >= 0.3 is 5.97 Å². The van der Waals surface area contributed by atoms with E-state index < -0.39 is 11.9 Å². The van der Waals surface area contributed by atoms with Crippen molar-refractivity contribution in [3.63, 3.8) is 0 Å². The van der Waals surface area contributed by atoms with E-state index in [9.17, 15) is 14.9 Å². The third kappa shape index (κ3) is 4.49. The lowest BCUT2D eigenvalue weighted by Gasteiger charge is -2.33. The number of carbonyl (C=O) groups is 2. The molecule has 5 nitrogen and oxygen atoms in total. The first-order valence-corrected chi connectivity index (χ1v) is 9.17. The Morgan fingerprint density at radius 1 is 1.40 bits per heavy atom. The fourth-order valence-corrected chi connectivity index (χ4v) is 3.99. The van der Waals surface area contributed by atoms with Crippen molar-refractivity contribution in [3.05, 3.63) is 11.1 Å². The summed E-state index contributed by atoms with van der Waals surface area (Å²) in [6.07, 6.45) is 2.30. The molecule has 0 radical (unpaired) electrons. The van der Waals surface area contributed by atoms with Gasteiger partial charge in [-0.1, -0.05) is 12.5 Å². The fourth-order valence-electron chi connectivity index (χ4n) is 3.99. The van der Waals surface area contributed by atoms with Crippen LogP contribution in [0.5, 0.6) is 0 Å². The van der Waals surface area contributed by atoms with Gasteiger partial charge in [0, 0.05) is 18.8 Å². The molecule has 0 aliphatic heterocycles. The third-order valence-electron chi connectivity index (χ3n) is 4.98. The Kier molecular flexibility index (Phi) is 6.05. The molecule has 1 saturated carbocycles. The van der Waals surface area contributed by atoms with E-state index in [1.54, 1.807) is 6.92 Å². The van der Waals surface area contributed by atoms with Crippen molar-refractivity contribution in [1.82, 2.24) is 0 Å². The third-order valence-corrected chi connectivity index (χ3v) is 4.98. The van der Waals surface area contributed by atoms with Crippen LogP contribution in [0.3, 0.4) is 0 Å². The Balaban J connectivity index is 2.28. The zero-order chi connectivity index (χ0) is 18.8. The molecule has 4 atom stereocenters. The van der Waals surface area contributed by atoms with Gasteiger partial charge in [-0.2, -0.15) is 5.26 Å². The van der Waals surface area contributed by atoms with Crippen LogP contribution in [-0.4, -0.2) is 30.1 Å². The van der Waals surface area contributed by atoms with E-state index in [2.05, 4.69) is 6.92 Å². The van der Waals surface area contributed by atoms with Crippen molar-refractivity contribution in [2.75, 3.05) is 6.61 Å². The molecule has 2 aliphatic carbocycles. The smallest absolute Gasteiger partial charge is 0.323 e. The Hall–Kier alpha value is -1.67. The van der Waals surface area contributed by atoms with E-state index >= 15 is 0 Å². The molecular formula is C20H29NO4. The average Bonchev–Trinajstić information content (AvgIpc) is 2.81. The van der Waals surface area contributed by atoms with Crippen LogP contribution >= 0.6 is 0 Å². The van der Waals surface area contributed by atoms with E-state index in [1.165, 1.54) is 0 Å². The van der Waals surface area contributed by atoms with Crippen LogP contribution < -0.4 is 0 Å². The number of carbonyl (C=O) groups excluding carboxylic acids is 2. The van der Waals surface area contributed by atoms with Gasteiger partial charge < -0.3 is 9.47 Å². The van der Waals surface area contributed by atoms with E-state index in [4.69, 9.17) is 9.47 Å². The van der Waals surface area contributed by atoms with Crippen molar-refractivity contribution >= 4 is 11.8 Å². The lowest BCUT2D eigenvalue weighted by molar-refractivity contribution is -0.145. The zero-order valence-electron chi connectivity index (χ0n) is 15.9. The molecule has 1 fully saturated rings. The summed E-state index contributed by atoms with van der Waals surface area (Å²) in [6, 6.07) is 2.00. The summed E-state index contributed by atoms with van der Waals surface area (Å²) in [7, 11) is 0. The Labute approximate surface area is 150 Å². The highest BCUT2D eigenvalue weighted by atomic mass is 16.5. The van der Waals surface area contributed by atoms with E-state index in [0.717, 1.165) is 18.4 Å². The number of hydrogen-bond donors (Lipinski definition) is 0. The minimum absolute atomic E-state index is 0.0689. The number of ketones is 1. The average molecular weight is 347 g/mol. The summed E-state index contributed by atoms with van der Waals surface area (Å²) in [5, 5.41) is 9.33. The normalized spacial score (nSPS) is 27.7.